The molecule has 2 rings (SSSR count). The smallest absolute Gasteiger partial charge is 0.124 e. The van der Waals surface area contributed by atoms with Gasteiger partial charge in [-0.2, -0.15) is 0 Å². The molecule has 18 heavy (non-hydrogen) atoms. The number of halogens is 4. The van der Waals surface area contributed by atoms with E-state index in [1.807, 2.05) is 0 Å². The van der Waals surface area contributed by atoms with E-state index in [9.17, 15) is 8.78 Å². The summed E-state index contributed by atoms with van der Waals surface area (Å²) in [6.07, 6.45) is 0. The van der Waals surface area contributed by atoms with E-state index in [0.717, 1.165) is 9.79 Å². The Kier molecular flexibility index (Phi) is 4.78. The van der Waals surface area contributed by atoms with Gasteiger partial charge >= 0.3 is 0 Å². The van der Waals surface area contributed by atoms with Crippen LogP contribution >= 0.6 is 44.8 Å². The van der Waals surface area contributed by atoms with Crippen molar-refractivity contribution in [1.82, 2.24) is 0 Å². The molecule has 0 bridgehead atoms. The molecule has 0 N–H and O–H groups in total. The summed E-state index contributed by atoms with van der Waals surface area (Å²) in [6.45, 7) is 0. The van der Waals surface area contributed by atoms with Gasteiger partial charge in [-0.1, -0.05) is 44.8 Å². The van der Waals surface area contributed by atoms with Gasteiger partial charge in [0.2, 0.25) is 0 Å². The Balaban J connectivity index is 2.11. The first-order valence-corrected chi connectivity index (χ1v) is 7.71. The van der Waals surface area contributed by atoms with Crippen LogP contribution in [0.1, 0.15) is 0 Å². The molecule has 0 saturated heterocycles. The second-order valence-electron chi connectivity index (χ2n) is 3.32. The van der Waals surface area contributed by atoms with Crippen LogP contribution in [0.5, 0.6) is 0 Å². The van der Waals surface area contributed by atoms with E-state index in [2.05, 4.69) is 0 Å². The second-order valence-corrected chi connectivity index (χ2v) is 6.34. The Bertz CT molecular complexity index is 524. The zero-order valence-corrected chi connectivity index (χ0v) is 11.9. The Morgan fingerprint density at radius 3 is 1.44 bits per heavy atom. The van der Waals surface area contributed by atoms with Gasteiger partial charge in [-0.3, -0.25) is 0 Å². The van der Waals surface area contributed by atoms with E-state index < -0.39 is 0 Å². The van der Waals surface area contributed by atoms with Crippen molar-refractivity contribution in [3.63, 3.8) is 0 Å². The molecule has 6 heteroatoms. The number of hydrogen-bond donors (Lipinski definition) is 0. The van der Waals surface area contributed by atoms with Gasteiger partial charge < -0.3 is 0 Å². The largest absolute Gasteiger partial charge is 0.207 e. The van der Waals surface area contributed by atoms with Crippen LogP contribution in [0.3, 0.4) is 0 Å². The first kappa shape index (κ1) is 14.0. The van der Waals surface area contributed by atoms with Gasteiger partial charge in [-0.25, -0.2) is 8.78 Å². The molecule has 0 heterocycles. The van der Waals surface area contributed by atoms with Gasteiger partial charge in [0.15, 0.2) is 0 Å². The molecular formula is C12H6Cl2F2S2. The van der Waals surface area contributed by atoms with Crippen molar-refractivity contribution in [2.24, 2.45) is 0 Å². The van der Waals surface area contributed by atoms with Gasteiger partial charge in [0.05, 0.1) is 10.0 Å². The molecular weight excluding hydrogens is 317 g/mol. The van der Waals surface area contributed by atoms with Crippen molar-refractivity contribution in [3.05, 3.63) is 58.1 Å². The standard InChI is InChI=1S/C12H6Cl2F2S2/c13-9-5-7(15)1-3-11(9)17-18-12-4-2-8(16)6-10(12)14/h1-6H. The first-order chi connectivity index (χ1) is 8.56. The lowest BCUT2D eigenvalue weighted by Crippen LogP contribution is -1.78. The van der Waals surface area contributed by atoms with Crippen molar-refractivity contribution in [1.29, 1.82) is 0 Å². The molecule has 0 fully saturated rings. The van der Waals surface area contributed by atoms with Crippen LogP contribution < -0.4 is 0 Å². The third kappa shape index (κ3) is 3.54. The van der Waals surface area contributed by atoms with E-state index in [0.29, 0.717) is 10.0 Å². The molecule has 2 aromatic rings. The third-order valence-corrected chi connectivity index (χ3v) is 5.34. The molecule has 0 unspecified atom stereocenters. The Morgan fingerprint density at radius 1 is 0.722 bits per heavy atom. The minimum atomic E-state index is -0.380. The maximum atomic E-state index is 12.9. The van der Waals surface area contributed by atoms with Crippen LogP contribution in [-0.4, -0.2) is 0 Å². The average Bonchev–Trinajstić information content (AvgIpc) is 2.30. The van der Waals surface area contributed by atoms with Gasteiger partial charge in [0.1, 0.15) is 11.6 Å². The van der Waals surface area contributed by atoms with Gasteiger partial charge in [0.25, 0.3) is 0 Å². The highest BCUT2D eigenvalue weighted by Crippen LogP contribution is 2.43. The molecule has 0 aliphatic carbocycles. The molecule has 0 aliphatic heterocycles. The van der Waals surface area contributed by atoms with Crippen LogP contribution in [0.2, 0.25) is 10.0 Å². The van der Waals surface area contributed by atoms with Crippen LogP contribution in [0.15, 0.2) is 46.2 Å². The normalized spacial score (nSPS) is 10.7. The maximum absolute atomic E-state index is 12.9. The molecule has 2 aromatic carbocycles. The van der Waals surface area contributed by atoms with Crippen molar-refractivity contribution >= 4 is 44.8 Å². The number of rotatable bonds is 3. The summed E-state index contributed by atoms with van der Waals surface area (Å²) in [6, 6.07) is 8.34. The zero-order valence-electron chi connectivity index (χ0n) is 8.79. The lowest BCUT2D eigenvalue weighted by atomic mass is 10.3. The summed E-state index contributed by atoms with van der Waals surface area (Å²) in [5, 5.41) is 0.677. The SMILES string of the molecule is Fc1ccc(SSc2ccc(F)cc2Cl)c(Cl)c1. The Labute approximate surface area is 121 Å². The molecule has 0 atom stereocenters. The van der Waals surface area contributed by atoms with Gasteiger partial charge in [0, 0.05) is 9.79 Å². The molecule has 94 valence electrons. The highest BCUT2D eigenvalue weighted by atomic mass is 35.5. The summed E-state index contributed by atoms with van der Waals surface area (Å²) in [5.74, 6) is -0.761. The minimum Gasteiger partial charge on any atom is -0.207 e. The molecule has 0 saturated carbocycles. The molecule has 0 aromatic heterocycles. The summed E-state index contributed by atoms with van der Waals surface area (Å²) in [7, 11) is 2.68. The van der Waals surface area contributed by atoms with Crippen LogP contribution in [0.4, 0.5) is 8.78 Å². The van der Waals surface area contributed by atoms with Crippen LogP contribution in [0, 0.1) is 11.6 Å². The Morgan fingerprint density at radius 2 is 1.11 bits per heavy atom. The lowest BCUT2D eigenvalue weighted by Gasteiger charge is -2.05. The van der Waals surface area contributed by atoms with E-state index in [1.54, 1.807) is 12.1 Å². The van der Waals surface area contributed by atoms with E-state index >= 15 is 0 Å². The second kappa shape index (κ2) is 6.15. The topological polar surface area (TPSA) is 0 Å². The maximum Gasteiger partial charge on any atom is 0.124 e. The fourth-order valence-electron chi connectivity index (χ4n) is 1.18. The predicted molar refractivity (Wildman–Crippen MR) is 74.5 cm³/mol. The molecule has 0 radical (unpaired) electrons. The van der Waals surface area contributed by atoms with E-state index in [4.69, 9.17) is 23.2 Å². The molecule has 0 aliphatic rings. The zero-order chi connectivity index (χ0) is 13.1. The van der Waals surface area contributed by atoms with Gasteiger partial charge in [-0.15, -0.1) is 0 Å². The predicted octanol–water partition coefficient (Wildman–Crippen LogP) is 6.07. The van der Waals surface area contributed by atoms with Crippen molar-refractivity contribution < 1.29 is 8.78 Å². The van der Waals surface area contributed by atoms with Crippen LogP contribution in [0.25, 0.3) is 0 Å². The first-order valence-electron chi connectivity index (χ1n) is 4.81. The van der Waals surface area contributed by atoms with E-state index in [1.165, 1.54) is 45.9 Å². The van der Waals surface area contributed by atoms with Gasteiger partial charge in [-0.05, 0) is 36.4 Å². The fourth-order valence-corrected chi connectivity index (χ4v) is 4.13. The average molecular weight is 323 g/mol. The summed E-state index contributed by atoms with van der Waals surface area (Å²) in [4.78, 5) is 1.45. The summed E-state index contributed by atoms with van der Waals surface area (Å²) < 4.78 is 25.7. The summed E-state index contributed by atoms with van der Waals surface area (Å²) in [5.41, 5.74) is 0. The minimum absolute atomic E-state index is 0.339. The molecule has 0 spiro atoms. The van der Waals surface area contributed by atoms with E-state index in [-0.39, 0.29) is 11.6 Å². The quantitative estimate of drug-likeness (QED) is 0.629. The molecule has 0 nitrogen and oxygen atoms in total. The highest BCUT2D eigenvalue weighted by molar-refractivity contribution is 8.76. The van der Waals surface area contributed by atoms with Crippen molar-refractivity contribution in [2.75, 3.05) is 0 Å². The highest BCUT2D eigenvalue weighted by Gasteiger charge is 2.07. The fraction of sp³-hybridized carbons (Fsp3) is 0. The monoisotopic (exact) mass is 322 g/mol. The van der Waals surface area contributed by atoms with Crippen molar-refractivity contribution in [3.8, 4) is 0 Å². The van der Waals surface area contributed by atoms with Crippen LogP contribution in [-0.2, 0) is 0 Å². The van der Waals surface area contributed by atoms with Crippen molar-refractivity contribution in [2.45, 2.75) is 9.79 Å². The lowest BCUT2D eigenvalue weighted by molar-refractivity contribution is 0.626. The molecule has 0 amide bonds. The third-order valence-electron chi connectivity index (χ3n) is 2.01. The Hall–Kier alpha value is -0.420. The number of hydrogen-bond acceptors (Lipinski definition) is 2. The number of benzene rings is 2. The summed E-state index contributed by atoms with van der Waals surface area (Å²) >= 11 is 11.8.